The molecule has 0 bridgehead atoms. The van der Waals surface area contributed by atoms with Crippen molar-refractivity contribution in [1.82, 2.24) is 20.6 Å². The maximum atomic E-state index is 12.5. The van der Waals surface area contributed by atoms with Crippen molar-refractivity contribution in [2.45, 2.75) is 40.2 Å². The Morgan fingerprint density at radius 2 is 1.85 bits per heavy atom. The zero-order chi connectivity index (χ0) is 24.1. The van der Waals surface area contributed by atoms with Crippen molar-refractivity contribution in [3.05, 3.63) is 42.0 Å². The molecular weight excluding hydrogens is 424 g/mol. The van der Waals surface area contributed by atoms with Crippen LogP contribution in [0, 0.1) is 11.8 Å². The predicted octanol–water partition coefficient (Wildman–Crippen LogP) is 3.59. The number of oxazole rings is 1. The van der Waals surface area contributed by atoms with Crippen LogP contribution in [0.25, 0.3) is 22.2 Å². The van der Waals surface area contributed by atoms with E-state index in [0.29, 0.717) is 12.0 Å². The molecule has 0 fully saturated rings. The third kappa shape index (κ3) is 5.60. The molecule has 0 radical (unpaired) electrons. The predicted molar refractivity (Wildman–Crippen MR) is 123 cm³/mol. The molecule has 1 unspecified atom stereocenters. The van der Waals surface area contributed by atoms with E-state index in [-0.39, 0.29) is 47.5 Å². The lowest BCUT2D eigenvalue weighted by Gasteiger charge is -2.19. The summed E-state index contributed by atoms with van der Waals surface area (Å²) in [4.78, 5) is 44.4. The topological polar surface area (TPSA) is 126 Å². The fourth-order valence-electron chi connectivity index (χ4n) is 3.51. The van der Waals surface area contributed by atoms with Crippen molar-refractivity contribution < 1.29 is 23.5 Å². The number of rotatable bonds is 9. The van der Waals surface area contributed by atoms with E-state index in [4.69, 9.17) is 9.15 Å². The first-order valence-electron chi connectivity index (χ1n) is 10.9. The number of aromatic nitrogens is 2. The largest absolute Gasteiger partial charge is 0.464 e. The van der Waals surface area contributed by atoms with Crippen LogP contribution in [0.15, 0.2) is 34.9 Å². The molecule has 0 aliphatic carbocycles. The van der Waals surface area contributed by atoms with Crippen LogP contribution in [0.2, 0.25) is 0 Å². The summed E-state index contributed by atoms with van der Waals surface area (Å²) in [7, 11) is 1.28. The normalized spacial score (nSPS) is 12.2. The molecule has 2 amide bonds. The standard InChI is InChI=1S/C24H30N4O5/c1-13(2)10-18(29)26-12-19(30)27-20(14(3)4)23-28-21(24(31)32-5)22(33-23)16-11-25-17-9-7-6-8-15(16)17/h6-9,11,13-14,20,25H,10,12H2,1-5H3,(H,26,29)(H,27,30). The van der Waals surface area contributed by atoms with Gasteiger partial charge in [-0.05, 0) is 17.9 Å². The Labute approximate surface area is 192 Å². The first kappa shape index (κ1) is 24.0. The van der Waals surface area contributed by atoms with Gasteiger partial charge in [-0.25, -0.2) is 9.78 Å². The van der Waals surface area contributed by atoms with Crippen LogP contribution in [-0.2, 0) is 14.3 Å². The smallest absolute Gasteiger partial charge is 0.360 e. The van der Waals surface area contributed by atoms with Gasteiger partial charge in [0.1, 0.15) is 6.04 Å². The molecule has 3 N–H and O–H groups in total. The number of nitrogens with zero attached hydrogens (tertiary/aromatic N) is 1. The summed E-state index contributed by atoms with van der Waals surface area (Å²) >= 11 is 0. The minimum absolute atomic E-state index is 0.0300. The molecule has 3 rings (SSSR count). The number of para-hydroxylation sites is 1. The van der Waals surface area contributed by atoms with E-state index in [2.05, 4.69) is 20.6 Å². The summed E-state index contributed by atoms with van der Waals surface area (Å²) in [5, 5.41) is 6.33. The van der Waals surface area contributed by atoms with Gasteiger partial charge in [0.05, 0.1) is 13.7 Å². The van der Waals surface area contributed by atoms with Crippen molar-refractivity contribution >= 4 is 28.7 Å². The molecule has 2 aromatic heterocycles. The van der Waals surface area contributed by atoms with Gasteiger partial charge in [-0.15, -0.1) is 0 Å². The molecule has 1 aromatic carbocycles. The number of fused-ring (bicyclic) bond motifs is 1. The molecule has 0 aliphatic rings. The first-order valence-corrected chi connectivity index (χ1v) is 10.9. The van der Waals surface area contributed by atoms with E-state index in [1.54, 1.807) is 6.20 Å². The van der Waals surface area contributed by atoms with Gasteiger partial charge in [0, 0.05) is 29.1 Å². The van der Waals surface area contributed by atoms with E-state index >= 15 is 0 Å². The molecule has 1 atom stereocenters. The average molecular weight is 455 g/mol. The Hall–Kier alpha value is -3.62. The first-order chi connectivity index (χ1) is 15.7. The lowest BCUT2D eigenvalue weighted by molar-refractivity contribution is -0.127. The van der Waals surface area contributed by atoms with Crippen LogP contribution in [0.1, 0.15) is 56.5 Å². The van der Waals surface area contributed by atoms with Gasteiger partial charge in [0.15, 0.2) is 11.5 Å². The van der Waals surface area contributed by atoms with Crippen LogP contribution < -0.4 is 10.6 Å². The SMILES string of the molecule is COC(=O)c1nc(C(NC(=O)CNC(=O)CC(C)C)C(C)C)oc1-c1c[nH]c2ccccc12. The molecule has 2 heterocycles. The van der Waals surface area contributed by atoms with Gasteiger partial charge in [-0.3, -0.25) is 9.59 Å². The van der Waals surface area contributed by atoms with Gasteiger partial charge >= 0.3 is 5.97 Å². The number of benzene rings is 1. The highest BCUT2D eigenvalue weighted by molar-refractivity contribution is 6.01. The summed E-state index contributed by atoms with van der Waals surface area (Å²) in [5.41, 5.74) is 1.58. The molecule has 0 saturated carbocycles. The number of hydrogen-bond donors (Lipinski definition) is 3. The van der Waals surface area contributed by atoms with Gasteiger partial charge in [0.25, 0.3) is 0 Å². The number of H-pyrrole nitrogens is 1. The maximum absolute atomic E-state index is 12.5. The van der Waals surface area contributed by atoms with Crippen molar-refractivity contribution in [1.29, 1.82) is 0 Å². The summed E-state index contributed by atoms with van der Waals surface area (Å²) in [5.74, 6) is -0.653. The molecule has 0 aliphatic heterocycles. The summed E-state index contributed by atoms with van der Waals surface area (Å²) in [6, 6.07) is 7.01. The Kier molecular flexibility index (Phi) is 7.52. The lowest BCUT2D eigenvalue weighted by atomic mass is 10.0. The van der Waals surface area contributed by atoms with E-state index in [9.17, 15) is 14.4 Å². The molecular formula is C24H30N4O5. The zero-order valence-electron chi connectivity index (χ0n) is 19.5. The number of carbonyl (C=O) groups excluding carboxylic acids is 3. The van der Waals surface area contributed by atoms with Gasteiger partial charge in [0.2, 0.25) is 17.7 Å². The molecule has 0 spiro atoms. The summed E-state index contributed by atoms with van der Waals surface area (Å²) in [6.45, 7) is 7.50. The highest BCUT2D eigenvalue weighted by Crippen LogP contribution is 2.34. The van der Waals surface area contributed by atoms with Crippen LogP contribution in [-0.4, -0.2) is 41.4 Å². The maximum Gasteiger partial charge on any atom is 0.360 e. The number of ether oxygens (including phenoxy) is 1. The number of carbonyl (C=O) groups is 3. The monoisotopic (exact) mass is 454 g/mol. The highest BCUT2D eigenvalue weighted by atomic mass is 16.5. The molecule has 9 nitrogen and oxygen atoms in total. The third-order valence-electron chi connectivity index (χ3n) is 5.15. The molecule has 9 heteroatoms. The van der Waals surface area contributed by atoms with Gasteiger partial charge in [-0.1, -0.05) is 45.9 Å². The van der Waals surface area contributed by atoms with E-state index < -0.39 is 12.0 Å². The van der Waals surface area contributed by atoms with Crippen molar-refractivity contribution in [3.63, 3.8) is 0 Å². The molecule has 0 saturated heterocycles. The van der Waals surface area contributed by atoms with E-state index in [1.165, 1.54) is 7.11 Å². The number of methoxy groups -OCH3 is 1. The average Bonchev–Trinajstić information content (AvgIpc) is 3.39. The van der Waals surface area contributed by atoms with Crippen molar-refractivity contribution in [2.24, 2.45) is 11.8 Å². The second-order valence-corrected chi connectivity index (χ2v) is 8.63. The van der Waals surface area contributed by atoms with Crippen molar-refractivity contribution in [3.8, 4) is 11.3 Å². The van der Waals surface area contributed by atoms with Crippen LogP contribution >= 0.6 is 0 Å². The Morgan fingerprint density at radius 1 is 1.12 bits per heavy atom. The van der Waals surface area contributed by atoms with Gasteiger partial charge in [-0.2, -0.15) is 0 Å². The van der Waals surface area contributed by atoms with Crippen LogP contribution in [0.4, 0.5) is 0 Å². The Morgan fingerprint density at radius 3 is 2.52 bits per heavy atom. The second-order valence-electron chi connectivity index (χ2n) is 8.63. The summed E-state index contributed by atoms with van der Waals surface area (Å²) in [6.07, 6.45) is 2.09. The lowest BCUT2D eigenvalue weighted by Crippen LogP contribution is -2.40. The third-order valence-corrected chi connectivity index (χ3v) is 5.15. The van der Waals surface area contributed by atoms with Gasteiger partial charge < -0.3 is 24.8 Å². The fraction of sp³-hybridized carbons (Fsp3) is 0.417. The van der Waals surface area contributed by atoms with Crippen LogP contribution in [0.5, 0.6) is 0 Å². The number of hydrogen-bond acceptors (Lipinski definition) is 6. The number of aromatic amines is 1. The second kappa shape index (κ2) is 10.3. The molecule has 176 valence electrons. The molecule has 3 aromatic rings. The number of esters is 1. The fourth-order valence-corrected chi connectivity index (χ4v) is 3.51. The molecule has 33 heavy (non-hydrogen) atoms. The number of nitrogens with one attached hydrogen (secondary N) is 3. The minimum atomic E-state index is -0.639. The van der Waals surface area contributed by atoms with Crippen LogP contribution in [0.3, 0.4) is 0 Å². The minimum Gasteiger partial charge on any atom is -0.464 e. The quantitative estimate of drug-likeness (QED) is 0.424. The Balaban J connectivity index is 1.89. The van der Waals surface area contributed by atoms with E-state index in [1.807, 2.05) is 52.0 Å². The van der Waals surface area contributed by atoms with E-state index in [0.717, 1.165) is 10.9 Å². The highest BCUT2D eigenvalue weighted by Gasteiger charge is 2.30. The van der Waals surface area contributed by atoms with Crippen molar-refractivity contribution in [2.75, 3.05) is 13.7 Å². The summed E-state index contributed by atoms with van der Waals surface area (Å²) < 4.78 is 11.0. The number of amides is 2. The Bertz CT molecular complexity index is 1140. The zero-order valence-corrected chi connectivity index (χ0v) is 19.5.